The summed E-state index contributed by atoms with van der Waals surface area (Å²) in [7, 11) is 1.31. The Balaban J connectivity index is 1.99. The van der Waals surface area contributed by atoms with E-state index in [4.69, 9.17) is 4.74 Å². The van der Waals surface area contributed by atoms with E-state index in [1.807, 2.05) is 22.6 Å². The van der Waals surface area contributed by atoms with E-state index in [-0.39, 0.29) is 0 Å². The molecule has 4 rings (SSSR count). The molecule has 24 heavy (non-hydrogen) atoms. The molecule has 1 aliphatic heterocycles. The lowest BCUT2D eigenvalue weighted by Crippen LogP contribution is -2.21. The Kier molecular flexibility index (Phi) is 4.05. The summed E-state index contributed by atoms with van der Waals surface area (Å²) in [6.07, 6.45) is 0.384. The largest absolute Gasteiger partial charge is 0.452 e. The van der Waals surface area contributed by atoms with Crippen LogP contribution < -0.4 is 5.32 Å². The second-order valence-corrected chi connectivity index (χ2v) is 7.78. The van der Waals surface area contributed by atoms with Crippen molar-refractivity contribution in [3.05, 3.63) is 38.0 Å². The van der Waals surface area contributed by atoms with Crippen molar-refractivity contribution in [3.8, 4) is 10.7 Å². The fraction of sp³-hybridized carbons (Fsp3) is 0.250. The van der Waals surface area contributed by atoms with Crippen LogP contribution in [0.2, 0.25) is 0 Å². The van der Waals surface area contributed by atoms with Gasteiger partial charge in [-0.2, -0.15) is 0 Å². The van der Waals surface area contributed by atoms with E-state index in [2.05, 4.69) is 16.4 Å². The first-order valence-corrected chi connectivity index (χ1v) is 9.26. The van der Waals surface area contributed by atoms with E-state index in [9.17, 15) is 9.18 Å². The van der Waals surface area contributed by atoms with Crippen LogP contribution in [0.1, 0.15) is 10.4 Å². The maximum atomic E-state index is 13.8. The summed E-state index contributed by atoms with van der Waals surface area (Å²) in [5.74, 6) is 0.0953. The van der Waals surface area contributed by atoms with Gasteiger partial charge in [0, 0.05) is 21.1 Å². The normalized spacial score (nSPS) is 14.0. The Bertz CT molecular complexity index is 943. The predicted molar refractivity (Wildman–Crippen MR) is 98.9 cm³/mol. The summed E-state index contributed by atoms with van der Waals surface area (Å²) >= 11 is 3.64. The molecule has 0 aliphatic carbocycles. The molecule has 0 saturated heterocycles. The number of hydrogen-bond donors (Lipinski definition) is 1. The van der Waals surface area contributed by atoms with E-state index in [1.165, 1.54) is 34.3 Å². The lowest BCUT2D eigenvalue weighted by atomic mass is 10.1. The molecular weight excluding hydrogens is 444 g/mol. The van der Waals surface area contributed by atoms with Crippen molar-refractivity contribution in [1.82, 2.24) is 14.9 Å². The third-order valence-electron chi connectivity index (χ3n) is 4.01. The first-order chi connectivity index (χ1) is 11.6. The average Bonchev–Trinajstić information content (AvgIpc) is 3.15. The number of thiophene rings is 1. The van der Waals surface area contributed by atoms with Crippen LogP contribution >= 0.6 is 33.9 Å². The number of aromatic nitrogens is 2. The molecule has 3 aromatic rings. The number of fused-ring (bicyclic) bond motifs is 2. The molecule has 1 aromatic carbocycles. The molecule has 1 N–H and O–H groups in total. The first kappa shape index (κ1) is 16.0. The molecule has 0 bridgehead atoms. The van der Waals surface area contributed by atoms with Gasteiger partial charge in [0.25, 0.3) is 0 Å². The molecule has 2 aromatic heterocycles. The van der Waals surface area contributed by atoms with Gasteiger partial charge in [0.15, 0.2) is 5.82 Å². The Morgan fingerprint density at radius 1 is 1.46 bits per heavy atom. The van der Waals surface area contributed by atoms with Crippen LogP contribution in [-0.2, 0) is 17.7 Å². The molecule has 3 heterocycles. The van der Waals surface area contributed by atoms with Crippen LogP contribution in [0.5, 0.6) is 0 Å². The van der Waals surface area contributed by atoms with Crippen molar-refractivity contribution in [2.75, 3.05) is 13.7 Å². The van der Waals surface area contributed by atoms with Gasteiger partial charge in [0.1, 0.15) is 11.3 Å². The molecule has 0 atom stereocenters. The Morgan fingerprint density at radius 3 is 3.04 bits per heavy atom. The quantitative estimate of drug-likeness (QED) is 0.566. The summed E-state index contributed by atoms with van der Waals surface area (Å²) < 4.78 is 20.8. The molecule has 0 amide bonds. The Hall–Kier alpha value is -1.52. The zero-order chi connectivity index (χ0) is 16.8. The Labute approximate surface area is 155 Å². The van der Waals surface area contributed by atoms with Crippen molar-refractivity contribution in [3.63, 3.8) is 0 Å². The molecule has 0 saturated carbocycles. The van der Waals surface area contributed by atoms with E-state index >= 15 is 0 Å². The Morgan fingerprint density at radius 2 is 2.29 bits per heavy atom. The van der Waals surface area contributed by atoms with Crippen molar-refractivity contribution in [2.45, 2.75) is 13.0 Å². The SMILES string of the molecule is COC(=O)n1c(-c2cc3c(s2)CNCC3)nc2c(I)cc(F)cc21. The number of carbonyl (C=O) groups excluding carboxylic acids is 1. The third-order valence-corrected chi connectivity index (χ3v) is 6.00. The van der Waals surface area contributed by atoms with Gasteiger partial charge < -0.3 is 10.1 Å². The number of nitrogens with one attached hydrogen (secondary N) is 1. The van der Waals surface area contributed by atoms with Crippen molar-refractivity contribution in [2.24, 2.45) is 0 Å². The highest BCUT2D eigenvalue weighted by atomic mass is 127. The van der Waals surface area contributed by atoms with Crippen LogP contribution in [0.3, 0.4) is 0 Å². The number of ether oxygens (including phenoxy) is 1. The first-order valence-electron chi connectivity index (χ1n) is 7.37. The van der Waals surface area contributed by atoms with Gasteiger partial charge in [-0.15, -0.1) is 11.3 Å². The summed E-state index contributed by atoms with van der Waals surface area (Å²) in [6, 6.07) is 4.80. The third kappa shape index (κ3) is 2.52. The molecule has 8 heteroatoms. The van der Waals surface area contributed by atoms with Crippen molar-refractivity contribution >= 4 is 51.1 Å². The van der Waals surface area contributed by atoms with Crippen LogP contribution in [0.4, 0.5) is 9.18 Å². The van der Waals surface area contributed by atoms with E-state index in [0.717, 1.165) is 24.4 Å². The minimum absolute atomic E-state index is 0.404. The number of rotatable bonds is 1. The number of halogens is 2. The smallest absolute Gasteiger partial charge is 0.420 e. The van der Waals surface area contributed by atoms with Crippen LogP contribution in [-0.4, -0.2) is 29.3 Å². The minimum atomic E-state index is -0.571. The molecule has 0 unspecified atom stereocenters. The van der Waals surface area contributed by atoms with Gasteiger partial charge in [-0.25, -0.2) is 18.7 Å². The van der Waals surface area contributed by atoms with Crippen molar-refractivity contribution in [1.29, 1.82) is 0 Å². The summed E-state index contributed by atoms with van der Waals surface area (Å²) in [5.41, 5.74) is 2.30. The van der Waals surface area contributed by atoms with Gasteiger partial charge >= 0.3 is 6.09 Å². The highest BCUT2D eigenvalue weighted by molar-refractivity contribution is 14.1. The standard InChI is InChI=1S/C16H13FIN3O2S/c1-23-16(22)21-11-6-9(17)5-10(18)14(11)20-15(21)12-4-8-2-3-19-7-13(8)24-12/h4-6,19H,2-3,7H2,1H3. The summed E-state index contributed by atoms with van der Waals surface area (Å²) in [6.45, 7) is 1.77. The summed E-state index contributed by atoms with van der Waals surface area (Å²) in [4.78, 5) is 19.1. The average molecular weight is 457 g/mol. The fourth-order valence-electron chi connectivity index (χ4n) is 2.91. The van der Waals surface area contributed by atoms with E-state index in [1.54, 1.807) is 11.3 Å². The van der Waals surface area contributed by atoms with Gasteiger partial charge in [0.2, 0.25) is 0 Å². The second kappa shape index (κ2) is 6.08. The number of imidazole rings is 1. The van der Waals surface area contributed by atoms with Gasteiger partial charge in [-0.1, -0.05) is 0 Å². The molecule has 0 radical (unpaired) electrons. The highest BCUT2D eigenvalue weighted by Crippen LogP contribution is 2.35. The second-order valence-electron chi connectivity index (χ2n) is 5.48. The van der Waals surface area contributed by atoms with E-state index < -0.39 is 11.9 Å². The fourth-order valence-corrected chi connectivity index (χ4v) is 4.76. The zero-order valence-electron chi connectivity index (χ0n) is 12.7. The molecule has 5 nitrogen and oxygen atoms in total. The molecule has 1 aliphatic rings. The van der Waals surface area contributed by atoms with Crippen molar-refractivity contribution < 1.29 is 13.9 Å². The van der Waals surface area contributed by atoms with Crippen LogP contribution in [0.15, 0.2) is 18.2 Å². The number of hydrogen-bond acceptors (Lipinski definition) is 5. The topological polar surface area (TPSA) is 56.1 Å². The molecule has 0 fully saturated rings. The maximum absolute atomic E-state index is 13.8. The monoisotopic (exact) mass is 457 g/mol. The van der Waals surface area contributed by atoms with Crippen LogP contribution in [0.25, 0.3) is 21.7 Å². The predicted octanol–water partition coefficient (Wildman–Crippen LogP) is 3.77. The lowest BCUT2D eigenvalue weighted by molar-refractivity contribution is 0.174. The summed E-state index contributed by atoms with van der Waals surface area (Å²) in [5, 5.41) is 3.34. The van der Waals surface area contributed by atoms with Gasteiger partial charge in [-0.05, 0) is 53.3 Å². The minimum Gasteiger partial charge on any atom is -0.452 e. The number of methoxy groups -OCH3 is 1. The van der Waals surface area contributed by atoms with Crippen LogP contribution in [0, 0.1) is 9.39 Å². The lowest BCUT2D eigenvalue weighted by Gasteiger charge is -2.10. The van der Waals surface area contributed by atoms with Gasteiger partial charge in [0.05, 0.1) is 17.5 Å². The van der Waals surface area contributed by atoms with E-state index in [0.29, 0.717) is 20.4 Å². The molecule has 0 spiro atoms. The number of carbonyl (C=O) groups is 1. The number of benzene rings is 1. The number of nitrogens with zero attached hydrogens (tertiary/aromatic N) is 2. The highest BCUT2D eigenvalue weighted by Gasteiger charge is 2.24. The zero-order valence-corrected chi connectivity index (χ0v) is 15.7. The molecular formula is C16H13FIN3O2S. The van der Waals surface area contributed by atoms with Gasteiger partial charge in [-0.3, -0.25) is 0 Å². The molecule has 124 valence electrons. The maximum Gasteiger partial charge on any atom is 0.420 e.